The lowest BCUT2D eigenvalue weighted by atomic mass is 9.97. The fourth-order valence-corrected chi connectivity index (χ4v) is 2.54. The smallest absolute Gasteiger partial charge is 0.0950 e. The fourth-order valence-electron chi connectivity index (χ4n) is 2.24. The second-order valence-corrected chi connectivity index (χ2v) is 5.37. The highest BCUT2D eigenvalue weighted by Gasteiger charge is 2.46. The normalized spacial score (nSPS) is 22.5. The monoisotopic (exact) mass is 257 g/mol. The average molecular weight is 258 g/mol. The second kappa shape index (κ2) is 3.80. The zero-order valence-electron chi connectivity index (χ0n) is 8.88. The maximum absolute atomic E-state index is 6.02. The van der Waals surface area contributed by atoms with Gasteiger partial charge in [-0.15, -0.1) is 0 Å². The number of hydrogen-bond donors (Lipinski definition) is 0. The van der Waals surface area contributed by atoms with Crippen molar-refractivity contribution in [2.75, 3.05) is 24.6 Å². The standard InChI is InChI=1S/C12H13Cl2NO/c13-10-2-1-9(7-11(10)14)15-5-3-12(4-6-15)8-16-12/h1-2,7H,3-6,8H2. The molecule has 3 rings (SSSR count). The minimum absolute atomic E-state index is 0.229. The van der Waals surface area contributed by atoms with Crippen molar-refractivity contribution in [2.45, 2.75) is 18.4 Å². The Morgan fingerprint density at radius 2 is 1.81 bits per heavy atom. The molecule has 0 unspecified atom stereocenters. The number of rotatable bonds is 1. The van der Waals surface area contributed by atoms with E-state index >= 15 is 0 Å². The lowest BCUT2D eigenvalue weighted by Gasteiger charge is -2.32. The summed E-state index contributed by atoms with van der Waals surface area (Å²) in [6, 6.07) is 5.83. The maximum Gasteiger partial charge on any atom is 0.0950 e. The van der Waals surface area contributed by atoms with Crippen LogP contribution in [0.1, 0.15) is 12.8 Å². The molecule has 0 aliphatic carbocycles. The molecule has 0 atom stereocenters. The minimum atomic E-state index is 0.229. The SMILES string of the molecule is Clc1ccc(N2CCC3(CC2)CO3)cc1Cl. The Morgan fingerprint density at radius 1 is 1.12 bits per heavy atom. The maximum atomic E-state index is 6.02. The van der Waals surface area contributed by atoms with Crippen LogP contribution in [0.3, 0.4) is 0 Å². The van der Waals surface area contributed by atoms with E-state index in [9.17, 15) is 0 Å². The Morgan fingerprint density at radius 3 is 2.38 bits per heavy atom. The summed E-state index contributed by atoms with van der Waals surface area (Å²) in [4.78, 5) is 2.34. The van der Waals surface area contributed by atoms with Gasteiger partial charge in [0.1, 0.15) is 0 Å². The van der Waals surface area contributed by atoms with Gasteiger partial charge in [-0.25, -0.2) is 0 Å². The van der Waals surface area contributed by atoms with E-state index < -0.39 is 0 Å². The molecule has 2 aliphatic heterocycles. The van der Waals surface area contributed by atoms with Crippen molar-refractivity contribution in [3.8, 4) is 0 Å². The first-order valence-corrected chi connectivity index (χ1v) is 6.28. The number of ether oxygens (including phenoxy) is 1. The molecule has 0 radical (unpaired) electrons. The highest BCUT2D eigenvalue weighted by molar-refractivity contribution is 6.42. The van der Waals surface area contributed by atoms with Gasteiger partial charge in [0.05, 0.1) is 22.3 Å². The van der Waals surface area contributed by atoms with Gasteiger partial charge in [-0.05, 0) is 31.0 Å². The molecule has 86 valence electrons. The first-order chi connectivity index (χ1) is 7.69. The van der Waals surface area contributed by atoms with Gasteiger partial charge in [0.15, 0.2) is 0 Å². The van der Waals surface area contributed by atoms with Crippen LogP contribution in [0.5, 0.6) is 0 Å². The van der Waals surface area contributed by atoms with Gasteiger partial charge in [0, 0.05) is 18.8 Å². The summed E-state index contributed by atoms with van der Waals surface area (Å²) in [5, 5.41) is 1.24. The van der Waals surface area contributed by atoms with Crippen molar-refractivity contribution >= 4 is 28.9 Å². The van der Waals surface area contributed by atoms with Crippen LogP contribution in [-0.4, -0.2) is 25.3 Å². The van der Waals surface area contributed by atoms with Crippen molar-refractivity contribution in [3.05, 3.63) is 28.2 Å². The second-order valence-electron chi connectivity index (χ2n) is 4.56. The summed E-state index contributed by atoms with van der Waals surface area (Å²) in [6.07, 6.45) is 2.24. The number of nitrogens with zero attached hydrogens (tertiary/aromatic N) is 1. The van der Waals surface area contributed by atoms with Crippen molar-refractivity contribution in [3.63, 3.8) is 0 Å². The van der Waals surface area contributed by atoms with E-state index in [-0.39, 0.29) is 5.60 Å². The number of anilines is 1. The highest BCUT2D eigenvalue weighted by Crippen LogP contribution is 2.39. The summed E-state index contributed by atoms with van der Waals surface area (Å²) in [6.45, 7) is 3.03. The molecule has 1 aromatic carbocycles. The number of benzene rings is 1. The van der Waals surface area contributed by atoms with E-state index in [0.717, 1.165) is 38.2 Å². The first kappa shape index (κ1) is 10.7. The highest BCUT2D eigenvalue weighted by atomic mass is 35.5. The van der Waals surface area contributed by atoms with Crippen molar-refractivity contribution in [1.82, 2.24) is 0 Å². The largest absolute Gasteiger partial charge is 0.371 e. The Balaban J connectivity index is 1.75. The Bertz CT molecular complexity index is 407. The molecule has 0 aromatic heterocycles. The molecule has 2 heterocycles. The molecule has 4 heteroatoms. The summed E-state index contributed by atoms with van der Waals surface area (Å²) in [7, 11) is 0. The lowest BCUT2D eigenvalue weighted by molar-refractivity contribution is 0.259. The molecule has 0 N–H and O–H groups in total. The van der Waals surface area contributed by atoms with Crippen LogP contribution >= 0.6 is 23.2 Å². The topological polar surface area (TPSA) is 15.8 Å². The van der Waals surface area contributed by atoms with Gasteiger partial charge in [0.25, 0.3) is 0 Å². The van der Waals surface area contributed by atoms with Crippen LogP contribution < -0.4 is 4.90 Å². The number of halogens is 2. The molecule has 2 saturated heterocycles. The van der Waals surface area contributed by atoms with E-state index in [4.69, 9.17) is 27.9 Å². The molecular weight excluding hydrogens is 245 g/mol. The molecule has 2 fully saturated rings. The van der Waals surface area contributed by atoms with Gasteiger partial charge in [-0.2, -0.15) is 0 Å². The quantitative estimate of drug-likeness (QED) is 0.718. The lowest BCUT2D eigenvalue weighted by Crippen LogP contribution is -2.37. The van der Waals surface area contributed by atoms with Gasteiger partial charge in [0.2, 0.25) is 0 Å². The van der Waals surface area contributed by atoms with E-state index in [0.29, 0.717) is 10.0 Å². The zero-order chi connectivity index (χ0) is 11.2. The van der Waals surface area contributed by atoms with Crippen LogP contribution in [0, 0.1) is 0 Å². The third-order valence-corrected chi connectivity index (χ3v) is 4.23. The summed E-state index contributed by atoms with van der Waals surface area (Å²) >= 11 is 11.9. The van der Waals surface area contributed by atoms with E-state index in [2.05, 4.69) is 4.90 Å². The van der Waals surface area contributed by atoms with Gasteiger partial charge < -0.3 is 9.64 Å². The number of epoxide rings is 1. The van der Waals surface area contributed by atoms with Crippen LogP contribution in [0.2, 0.25) is 10.0 Å². The Labute approximate surface area is 105 Å². The van der Waals surface area contributed by atoms with Crippen molar-refractivity contribution < 1.29 is 4.74 Å². The predicted octanol–water partition coefficient (Wildman–Crippen LogP) is 3.36. The third kappa shape index (κ3) is 1.90. The van der Waals surface area contributed by atoms with Crippen molar-refractivity contribution in [2.24, 2.45) is 0 Å². The summed E-state index contributed by atoms with van der Waals surface area (Å²) in [5.74, 6) is 0. The average Bonchev–Trinajstić information content (AvgIpc) is 3.04. The van der Waals surface area contributed by atoms with Crippen LogP contribution in [0.25, 0.3) is 0 Å². The van der Waals surface area contributed by atoms with Crippen LogP contribution in [-0.2, 0) is 4.74 Å². The molecule has 2 nitrogen and oxygen atoms in total. The third-order valence-electron chi connectivity index (χ3n) is 3.50. The molecule has 0 amide bonds. The van der Waals surface area contributed by atoms with E-state index in [1.165, 1.54) is 0 Å². The molecule has 0 bridgehead atoms. The van der Waals surface area contributed by atoms with E-state index in [1.807, 2.05) is 18.2 Å². The summed E-state index contributed by atoms with van der Waals surface area (Å²) < 4.78 is 5.49. The zero-order valence-corrected chi connectivity index (χ0v) is 10.4. The van der Waals surface area contributed by atoms with Crippen molar-refractivity contribution in [1.29, 1.82) is 0 Å². The molecule has 2 aliphatic rings. The Hall–Kier alpha value is -0.440. The summed E-state index contributed by atoms with van der Waals surface area (Å²) in [5.41, 5.74) is 1.39. The predicted molar refractivity (Wildman–Crippen MR) is 66.6 cm³/mol. The molecule has 1 aromatic rings. The molecule has 1 spiro atoms. The first-order valence-electron chi connectivity index (χ1n) is 5.53. The van der Waals surface area contributed by atoms with Crippen LogP contribution in [0.15, 0.2) is 18.2 Å². The number of hydrogen-bond acceptors (Lipinski definition) is 2. The van der Waals surface area contributed by atoms with Crippen LogP contribution in [0.4, 0.5) is 5.69 Å². The molecule has 16 heavy (non-hydrogen) atoms. The Kier molecular flexibility index (Phi) is 2.54. The minimum Gasteiger partial charge on any atom is -0.371 e. The number of piperidine rings is 1. The fraction of sp³-hybridized carbons (Fsp3) is 0.500. The van der Waals surface area contributed by atoms with E-state index in [1.54, 1.807) is 0 Å². The van der Waals surface area contributed by atoms with Gasteiger partial charge in [-0.1, -0.05) is 23.2 Å². The molecule has 0 saturated carbocycles. The van der Waals surface area contributed by atoms with Gasteiger partial charge >= 0.3 is 0 Å². The molecular formula is C12H13Cl2NO. The van der Waals surface area contributed by atoms with Gasteiger partial charge in [-0.3, -0.25) is 0 Å².